The molecule has 1 unspecified atom stereocenters. The third kappa shape index (κ3) is 13.0. The molecule has 0 aliphatic rings. The quantitative estimate of drug-likeness (QED) is 0.233. The molecule has 0 spiro atoms. The molecular formula is C6H24B10O2. The van der Waals surface area contributed by atoms with Gasteiger partial charge in [0.2, 0.25) is 0 Å². The second-order valence-corrected chi connectivity index (χ2v) is 5.51. The largest absolute Gasteiger partial charge is 0.396 e. The van der Waals surface area contributed by atoms with Gasteiger partial charge < -0.3 is 10.2 Å². The summed E-state index contributed by atoms with van der Waals surface area (Å²) in [7, 11) is 14.4. The Morgan fingerprint density at radius 1 is 0.778 bits per heavy atom. The van der Waals surface area contributed by atoms with Gasteiger partial charge in [0.05, 0.1) is 14.9 Å². The van der Waals surface area contributed by atoms with Crippen molar-refractivity contribution in [1.82, 2.24) is 0 Å². The standard InChI is InChI=1S/C6H24B10O2/c7-9-11-13-15-16-14-12-10-8-6(3-5-18)2-1-4-17/h6,8-18H,1-5,7H2. The zero-order valence-corrected chi connectivity index (χ0v) is 12.4. The predicted octanol–water partition coefficient (Wildman–Crippen LogP) is -6.27. The molecule has 0 rings (SSSR count). The fourth-order valence-electron chi connectivity index (χ4n) is 2.56. The van der Waals surface area contributed by atoms with Crippen molar-refractivity contribution in [3.8, 4) is 0 Å². The summed E-state index contributed by atoms with van der Waals surface area (Å²) in [6.45, 7) is 0.590. The van der Waals surface area contributed by atoms with Gasteiger partial charge >= 0.3 is 0 Å². The van der Waals surface area contributed by atoms with Crippen LogP contribution in [0.15, 0.2) is 0 Å². The summed E-state index contributed by atoms with van der Waals surface area (Å²) in [5.74, 6) is 0.627. The van der Waals surface area contributed by atoms with Gasteiger partial charge in [-0.3, -0.25) is 0 Å². The van der Waals surface area contributed by atoms with Gasteiger partial charge in [0.15, 0.2) is 0 Å². The second kappa shape index (κ2) is 15.6. The molecule has 0 radical (unpaired) electrons. The van der Waals surface area contributed by atoms with E-state index in [9.17, 15) is 0 Å². The summed E-state index contributed by atoms with van der Waals surface area (Å²) in [4.78, 5) is 0. The minimum absolute atomic E-state index is 0.291. The van der Waals surface area contributed by atoms with E-state index in [1.165, 1.54) is 63.7 Å². The van der Waals surface area contributed by atoms with Crippen LogP contribution < -0.4 is 0 Å². The van der Waals surface area contributed by atoms with Crippen LogP contribution in [-0.4, -0.2) is 94.8 Å². The Morgan fingerprint density at radius 2 is 1.39 bits per heavy atom. The van der Waals surface area contributed by atoms with E-state index in [1.54, 1.807) is 0 Å². The smallest absolute Gasteiger partial charge is 0.0816 e. The molecule has 2 nitrogen and oxygen atoms in total. The normalized spacial score (nSPS) is 10.8. The highest BCUT2D eigenvalue weighted by molar-refractivity contribution is 7.68. The highest BCUT2D eigenvalue weighted by atomic mass is 16.3. The van der Waals surface area contributed by atoms with Gasteiger partial charge in [-0.2, -0.15) is 0 Å². The third-order valence-electron chi connectivity index (χ3n) is 3.77. The first-order valence-corrected chi connectivity index (χ1v) is 8.06. The highest BCUT2D eigenvalue weighted by Gasteiger charge is 2.10. The molecule has 0 fully saturated rings. The lowest BCUT2D eigenvalue weighted by Crippen LogP contribution is -2.32. The minimum Gasteiger partial charge on any atom is -0.396 e. The monoisotopic (exact) mass is 238 g/mol. The Labute approximate surface area is 120 Å². The van der Waals surface area contributed by atoms with Crippen molar-refractivity contribution in [2.24, 2.45) is 0 Å². The molecule has 0 aromatic heterocycles. The van der Waals surface area contributed by atoms with Crippen molar-refractivity contribution in [3.63, 3.8) is 0 Å². The molecule has 2 N–H and O–H groups in total. The molecular weight excluding hydrogens is 212 g/mol. The Balaban J connectivity index is 3.31. The molecule has 0 aliphatic carbocycles. The maximum Gasteiger partial charge on any atom is 0.0816 e. The molecule has 0 amide bonds. The fourth-order valence-corrected chi connectivity index (χ4v) is 2.56. The average molecular weight is 236 g/mol. The predicted molar refractivity (Wildman–Crippen MR) is 105 cm³/mol. The highest BCUT2D eigenvalue weighted by Crippen LogP contribution is 2.15. The van der Waals surface area contributed by atoms with E-state index in [4.69, 9.17) is 10.2 Å². The van der Waals surface area contributed by atoms with Crippen molar-refractivity contribution in [2.45, 2.75) is 25.1 Å². The minimum atomic E-state index is 0.291. The molecule has 90 valence electrons. The van der Waals surface area contributed by atoms with Crippen LogP contribution in [0.2, 0.25) is 5.82 Å². The van der Waals surface area contributed by atoms with Crippen LogP contribution in [-0.2, 0) is 0 Å². The molecule has 0 aliphatic heterocycles. The van der Waals surface area contributed by atoms with E-state index in [2.05, 4.69) is 7.74 Å². The van der Waals surface area contributed by atoms with E-state index in [0.717, 1.165) is 19.3 Å². The number of rotatable bonds is 14. The van der Waals surface area contributed by atoms with Gasteiger partial charge in [0.1, 0.15) is 0 Å². The summed E-state index contributed by atoms with van der Waals surface area (Å²) in [5, 5.41) is 17.8. The first-order valence-electron chi connectivity index (χ1n) is 8.06. The summed E-state index contributed by atoms with van der Waals surface area (Å²) >= 11 is 0. The maximum atomic E-state index is 9.00. The number of hydrogen-bond acceptors (Lipinski definition) is 2. The van der Waals surface area contributed by atoms with Crippen LogP contribution >= 0.6 is 0 Å². The average Bonchev–Trinajstić information content (AvgIpc) is 2.39. The molecule has 0 heterocycles. The summed E-state index contributed by atoms with van der Waals surface area (Å²) in [6.07, 6.45) is 2.88. The molecule has 0 saturated heterocycles. The van der Waals surface area contributed by atoms with Crippen molar-refractivity contribution in [2.75, 3.05) is 13.2 Å². The maximum absolute atomic E-state index is 9.00. The Hall–Kier alpha value is 0.569. The summed E-state index contributed by atoms with van der Waals surface area (Å²) in [5.41, 5.74) is 0. The van der Waals surface area contributed by atoms with E-state index in [-0.39, 0.29) is 0 Å². The van der Waals surface area contributed by atoms with Crippen LogP contribution in [0.4, 0.5) is 0 Å². The molecule has 0 saturated carbocycles. The molecule has 1 atom stereocenters. The van der Waals surface area contributed by atoms with Gasteiger partial charge in [0, 0.05) is 69.7 Å². The fraction of sp³-hybridized carbons (Fsp3) is 1.00. The third-order valence-corrected chi connectivity index (χ3v) is 3.77. The summed E-state index contributed by atoms with van der Waals surface area (Å²) in [6, 6.07) is 0. The van der Waals surface area contributed by atoms with Gasteiger partial charge in [-0.25, -0.2) is 0 Å². The van der Waals surface area contributed by atoms with Crippen molar-refractivity contribution < 1.29 is 10.2 Å². The van der Waals surface area contributed by atoms with Crippen LogP contribution in [0.1, 0.15) is 19.3 Å². The topological polar surface area (TPSA) is 40.5 Å². The van der Waals surface area contributed by atoms with Crippen LogP contribution in [0.5, 0.6) is 0 Å². The molecule has 18 heavy (non-hydrogen) atoms. The Bertz CT molecular complexity index is 163. The lowest BCUT2D eigenvalue weighted by atomic mass is 8.88. The van der Waals surface area contributed by atoms with E-state index in [0.29, 0.717) is 19.0 Å². The van der Waals surface area contributed by atoms with Crippen molar-refractivity contribution in [1.29, 1.82) is 0 Å². The van der Waals surface area contributed by atoms with Crippen LogP contribution in [0, 0.1) is 0 Å². The summed E-state index contributed by atoms with van der Waals surface area (Å²) < 4.78 is 0. The van der Waals surface area contributed by atoms with Gasteiger partial charge in [-0.1, -0.05) is 12.2 Å². The van der Waals surface area contributed by atoms with Crippen LogP contribution in [0.25, 0.3) is 0 Å². The second-order valence-electron chi connectivity index (χ2n) is 5.51. The molecule has 0 aromatic carbocycles. The van der Waals surface area contributed by atoms with Crippen molar-refractivity contribution in [3.05, 3.63) is 0 Å². The van der Waals surface area contributed by atoms with Crippen LogP contribution in [0.3, 0.4) is 0 Å². The van der Waals surface area contributed by atoms with Gasteiger partial charge in [-0.05, 0) is 12.8 Å². The van der Waals surface area contributed by atoms with Gasteiger partial charge in [0.25, 0.3) is 0 Å². The lowest BCUT2D eigenvalue weighted by molar-refractivity contribution is 0.265. The molecule has 0 bridgehead atoms. The van der Waals surface area contributed by atoms with E-state index < -0.39 is 0 Å². The zero-order chi connectivity index (χ0) is 13.5. The zero-order valence-electron chi connectivity index (χ0n) is 12.4. The van der Waals surface area contributed by atoms with E-state index >= 15 is 0 Å². The Morgan fingerprint density at radius 3 is 1.94 bits per heavy atom. The first kappa shape index (κ1) is 18.6. The van der Waals surface area contributed by atoms with Crippen molar-refractivity contribution >= 4 is 71.4 Å². The SMILES string of the molecule is BBBBBBBBBBC(CCO)CCCO. The molecule has 0 aromatic rings. The molecule has 12 heteroatoms. The number of aliphatic hydroxyl groups is 2. The lowest BCUT2D eigenvalue weighted by Gasteiger charge is -2.12. The van der Waals surface area contributed by atoms with Gasteiger partial charge in [-0.15, -0.1) is 0 Å². The Kier molecular flexibility index (Phi) is 16.1. The number of hydrogen-bond donors (Lipinski definition) is 2. The number of aliphatic hydroxyl groups excluding tert-OH is 2. The van der Waals surface area contributed by atoms with E-state index in [1.807, 2.05) is 0 Å². The first-order chi connectivity index (χ1) is 8.85.